The SMILES string of the molecule is CC(=O)NN(Oc1ccc(Cl)cc1)C(=N)N. The molecule has 1 aromatic rings. The van der Waals surface area contributed by atoms with Crippen LogP contribution in [0.4, 0.5) is 0 Å². The Bertz CT molecular complexity index is 393. The fraction of sp³-hybridized carbons (Fsp3) is 0.111. The Morgan fingerprint density at radius 3 is 2.50 bits per heavy atom. The molecule has 0 radical (unpaired) electrons. The van der Waals surface area contributed by atoms with Gasteiger partial charge in [-0.2, -0.15) is 0 Å². The summed E-state index contributed by atoms with van der Waals surface area (Å²) in [5.41, 5.74) is 7.44. The fourth-order valence-corrected chi connectivity index (χ4v) is 1.00. The van der Waals surface area contributed by atoms with E-state index in [4.69, 9.17) is 27.6 Å². The molecule has 0 aromatic heterocycles. The van der Waals surface area contributed by atoms with Crippen LogP contribution in [-0.2, 0) is 4.79 Å². The maximum absolute atomic E-state index is 10.8. The Balaban J connectivity index is 2.71. The standard InChI is InChI=1S/C9H11ClN4O2/c1-6(15)13-14(9(11)12)16-8-4-2-7(10)3-5-8/h2-5H,1H3,(H3,11,12)(H,13,15). The quantitative estimate of drug-likeness (QED) is 0.408. The minimum Gasteiger partial charge on any atom is -0.366 e. The van der Waals surface area contributed by atoms with Crippen molar-refractivity contribution in [1.82, 2.24) is 10.6 Å². The van der Waals surface area contributed by atoms with Gasteiger partial charge in [-0.25, -0.2) is 5.43 Å². The van der Waals surface area contributed by atoms with Gasteiger partial charge in [0.1, 0.15) is 0 Å². The van der Waals surface area contributed by atoms with Crippen molar-refractivity contribution in [1.29, 1.82) is 5.41 Å². The summed E-state index contributed by atoms with van der Waals surface area (Å²) in [6.07, 6.45) is 0. The Hall–Kier alpha value is -1.95. The molecule has 0 fully saturated rings. The molecule has 0 aliphatic heterocycles. The van der Waals surface area contributed by atoms with Crippen molar-refractivity contribution in [3.8, 4) is 5.75 Å². The first-order chi connectivity index (χ1) is 7.49. The van der Waals surface area contributed by atoms with Gasteiger partial charge in [0.05, 0.1) is 0 Å². The van der Waals surface area contributed by atoms with E-state index in [0.29, 0.717) is 10.8 Å². The van der Waals surface area contributed by atoms with Crippen molar-refractivity contribution in [2.45, 2.75) is 6.92 Å². The number of hydrogen-bond acceptors (Lipinski definition) is 3. The maximum Gasteiger partial charge on any atom is 0.246 e. The number of benzene rings is 1. The summed E-state index contributed by atoms with van der Waals surface area (Å²) < 4.78 is 0. The first-order valence-electron chi connectivity index (χ1n) is 4.34. The van der Waals surface area contributed by atoms with Crippen LogP contribution in [0.2, 0.25) is 5.02 Å². The molecule has 1 aromatic carbocycles. The van der Waals surface area contributed by atoms with Gasteiger partial charge in [0, 0.05) is 11.9 Å². The van der Waals surface area contributed by atoms with E-state index < -0.39 is 11.9 Å². The Morgan fingerprint density at radius 2 is 2.06 bits per heavy atom. The molecule has 7 heteroatoms. The van der Waals surface area contributed by atoms with Crippen LogP contribution in [0.3, 0.4) is 0 Å². The molecule has 4 N–H and O–H groups in total. The summed E-state index contributed by atoms with van der Waals surface area (Å²) in [5.74, 6) is -0.442. The minimum atomic E-state index is -0.440. The highest BCUT2D eigenvalue weighted by Crippen LogP contribution is 2.15. The lowest BCUT2D eigenvalue weighted by atomic mass is 10.3. The molecule has 0 aliphatic carbocycles. The summed E-state index contributed by atoms with van der Waals surface area (Å²) in [7, 11) is 0. The number of hydroxylamine groups is 1. The molecule has 0 saturated carbocycles. The summed E-state index contributed by atoms with van der Waals surface area (Å²) in [6.45, 7) is 1.28. The van der Waals surface area contributed by atoms with E-state index >= 15 is 0 Å². The van der Waals surface area contributed by atoms with E-state index in [0.717, 1.165) is 5.17 Å². The lowest BCUT2D eigenvalue weighted by Gasteiger charge is -2.21. The molecule has 1 amide bonds. The first-order valence-corrected chi connectivity index (χ1v) is 4.72. The molecule has 0 unspecified atom stereocenters. The lowest BCUT2D eigenvalue weighted by molar-refractivity contribution is -0.132. The smallest absolute Gasteiger partial charge is 0.246 e. The van der Waals surface area contributed by atoms with Gasteiger partial charge in [-0.05, 0) is 24.3 Å². The van der Waals surface area contributed by atoms with E-state index in [1.807, 2.05) is 0 Å². The molecule has 0 bridgehead atoms. The van der Waals surface area contributed by atoms with Gasteiger partial charge >= 0.3 is 0 Å². The molecule has 86 valence electrons. The number of hydrogen-bond donors (Lipinski definition) is 3. The summed E-state index contributed by atoms with van der Waals surface area (Å²) in [5, 5.41) is 8.49. The summed E-state index contributed by atoms with van der Waals surface area (Å²) in [6, 6.07) is 6.39. The molecule has 0 spiro atoms. The highest BCUT2D eigenvalue weighted by Gasteiger charge is 2.10. The zero-order valence-electron chi connectivity index (χ0n) is 8.53. The number of hydrazine groups is 1. The molecular weight excluding hydrogens is 232 g/mol. The van der Waals surface area contributed by atoms with E-state index in [9.17, 15) is 4.79 Å². The van der Waals surface area contributed by atoms with E-state index in [2.05, 4.69) is 5.43 Å². The maximum atomic E-state index is 10.8. The normalized spacial score (nSPS) is 9.38. The van der Waals surface area contributed by atoms with Crippen LogP contribution in [0, 0.1) is 5.41 Å². The van der Waals surface area contributed by atoms with Crippen LogP contribution >= 0.6 is 11.6 Å². The highest BCUT2D eigenvalue weighted by atomic mass is 35.5. The third-order valence-corrected chi connectivity index (χ3v) is 1.74. The first kappa shape index (κ1) is 12.1. The number of halogens is 1. The van der Waals surface area contributed by atoms with Crippen LogP contribution in [0.25, 0.3) is 0 Å². The Labute approximate surface area is 97.4 Å². The Kier molecular flexibility index (Phi) is 3.96. The van der Waals surface area contributed by atoms with Crippen LogP contribution < -0.4 is 16.0 Å². The average molecular weight is 243 g/mol. The van der Waals surface area contributed by atoms with Crippen LogP contribution in [-0.4, -0.2) is 17.0 Å². The van der Waals surface area contributed by atoms with Gasteiger partial charge in [-0.15, -0.1) is 0 Å². The molecule has 6 nitrogen and oxygen atoms in total. The van der Waals surface area contributed by atoms with Gasteiger partial charge in [-0.1, -0.05) is 16.8 Å². The van der Waals surface area contributed by atoms with Crippen molar-refractivity contribution in [3.05, 3.63) is 29.3 Å². The van der Waals surface area contributed by atoms with E-state index in [-0.39, 0.29) is 0 Å². The lowest BCUT2D eigenvalue weighted by Crippen LogP contribution is -2.50. The second-order valence-corrected chi connectivity index (χ2v) is 3.33. The molecule has 16 heavy (non-hydrogen) atoms. The second-order valence-electron chi connectivity index (χ2n) is 2.89. The van der Waals surface area contributed by atoms with Gasteiger partial charge in [0.2, 0.25) is 11.9 Å². The number of rotatable bonds is 2. The molecule has 0 saturated heterocycles. The van der Waals surface area contributed by atoms with Crippen LogP contribution in [0.15, 0.2) is 24.3 Å². The molecule has 0 heterocycles. The van der Waals surface area contributed by atoms with Gasteiger partial charge in [-0.3, -0.25) is 10.2 Å². The summed E-state index contributed by atoms with van der Waals surface area (Å²) >= 11 is 5.69. The highest BCUT2D eigenvalue weighted by molar-refractivity contribution is 6.30. The number of nitrogens with one attached hydrogen (secondary N) is 2. The van der Waals surface area contributed by atoms with Gasteiger partial charge in [0.15, 0.2) is 5.75 Å². The van der Waals surface area contributed by atoms with Crippen molar-refractivity contribution < 1.29 is 9.63 Å². The zero-order chi connectivity index (χ0) is 12.1. The number of carbonyl (C=O) groups is 1. The largest absolute Gasteiger partial charge is 0.366 e. The predicted molar refractivity (Wildman–Crippen MR) is 59.6 cm³/mol. The second kappa shape index (κ2) is 5.22. The predicted octanol–water partition coefficient (Wildman–Crippen LogP) is 0.880. The van der Waals surface area contributed by atoms with Crippen molar-refractivity contribution in [3.63, 3.8) is 0 Å². The Morgan fingerprint density at radius 1 is 1.50 bits per heavy atom. The van der Waals surface area contributed by atoms with Crippen molar-refractivity contribution in [2.24, 2.45) is 5.73 Å². The van der Waals surface area contributed by atoms with E-state index in [1.54, 1.807) is 24.3 Å². The summed E-state index contributed by atoms with van der Waals surface area (Å²) in [4.78, 5) is 15.9. The fourth-order valence-electron chi connectivity index (χ4n) is 0.876. The number of carbonyl (C=O) groups excluding carboxylic acids is 1. The molecule has 1 rings (SSSR count). The number of guanidine groups is 1. The van der Waals surface area contributed by atoms with Crippen molar-refractivity contribution in [2.75, 3.05) is 0 Å². The van der Waals surface area contributed by atoms with Crippen LogP contribution in [0.1, 0.15) is 6.92 Å². The topological polar surface area (TPSA) is 91.4 Å². The number of nitrogens with zero attached hydrogens (tertiary/aromatic N) is 1. The van der Waals surface area contributed by atoms with Crippen molar-refractivity contribution >= 4 is 23.5 Å². The third-order valence-electron chi connectivity index (χ3n) is 1.49. The van der Waals surface area contributed by atoms with Gasteiger partial charge in [0.25, 0.3) is 0 Å². The van der Waals surface area contributed by atoms with Gasteiger partial charge < -0.3 is 10.6 Å². The third kappa shape index (κ3) is 3.66. The van der Waals surface area contributed by atoms with Crippen LogP contribution in [0.5, 0.6) is 5.75 Å². The number of amides is 1. The van der Waals surface area contributed by atoms with E-state index in [1.165, 1.54) is 6.92 Å². The zero-order valence-corrected chi connectivity index (χ0v) is 9.28. The molecule has 0 atom stereocenters. The number of nitrogens with two attached hydrogens (primary N) is 1. The molecule has 0 aliphatic rings. The minimum absolute atomic E-state index is 0.397. The average Bonchev–Trinajstić information content (AvgIpc) is 2.19. The monoisotopic (exact) mass is 242 g/mol. The molecular formula is C9H11ClN4O2.